The van der Waals surface area contributed by atoms with Crippen molar-refractivity contribution >= 4 is 23.2 Å². The second kappa shape index (κ2) is 11.2. The molecule has 0 saturated heterocycles. The van der Waals surface area contributed by atoms with Crippen molar-refractivity contribution in [3.63, 3.8) is 0 Å². The molecule has 0 atom stereocenters. The number of nitrogens with zero attached hydrogens (tertiary/aromatic N) is 3. The first-order valence-corrected chi connectivity index (χ1v) is 11.6. The molecule has 1 N–H and O–H groups in total. The van der Waals surface area contributed by atoms with Crippen molar-refractivity contribution in [2.75, 3.05) is 13.7 Å². The molecule has 0 bridgehead atoms. The summed E-state index contributed by atoms with van der Waals surface area (Å²) in [4.78, 5) is 32.3. The standard InChI is InChI=1S/C25H24N4O4S/c1-32-20-8-6-18(7-9-20)10-12-27-24(30)23-14-21(33-28-23)16-29(17-22-5-3-13-34-22)25(31)19-4-2-11-26-15-19/h2-9,11,13-15H,10,12,16-17H2,1H3,(H,27,30). The molecular formula is C25H24N4O4S. The van der Waals surface area contributed by atoms with Gasteiger partial charge in [0.15, 0.2) is 11.5 Å². The van der Waals surface area contributed by atoms with Gasteiger partial charge < -0.3 is 19.5 Å². The van der Waals surface area contributed by atoms with E-state index in [1.807, 2.05) is 41.8 Å². The summed E-state index contributed by atoms with van der Waals surface area (Å²) in [6.45, 7) is 1.05. The van der Waals surface area contributed by atoms with Gasteiger partial charge >= 0.3 is 0 Å². The molecule has 3 aromatic heterocycles. The van der Waals surface area contributed by atoms with Crippen molar-refractivity contribution in [1.82, 2.24) is 20.4 Å². The fourth-order valence-corrected chi connectivity index (χ4v) is 4.07. The topological polar surface area (TPSA) is 97.6 Å². The van der Waals surface area contributed by atoms with Crippen molar-refractivity contribution in [1.29, 1.82) is 0 Å². The molecule has 34 heavy (non-hydrogen) atoms. The fraction of sp³-hybridized carbons (Fsp3) is 0.200. The molecule has 2 amide bonds. The van der Waals surface area contributed by atoms with Crippen LogP contribution in [0.5, 0.6) is 5.75 Å². The van der Waals surface area contributed by atoms with Crippen LogP contribution in [-0.4, -0.2) is 40.5 Å². The lowest BCUT2D eigenvalue weighted by atomic mass is 10.1. The largest absolute Gasteiger partial charge is 0.497 e. The van der Waals surface area contributed by atoms with Crippen LogP contribution in [0.25, 0.3) is 0 Å². The monoisotopic (exact) mass is 476 g/mol. The Balaban J connectivity index is 1.37. The van der Waals surface area contributed by atoms with Crippen molar-refractivity contribution in [3.8, 4) is 5.75 Å². The second-order valence-corrected chi connectivity index (χ2v) is 8.55. The van der Waals surface area contributed by atoms with Crippen LogP contribution in [0.15, 0.2) is 76.9 Å². The maximum Gasteiger partial charge on any atom is 0.273 e. The SMILES string of the molecule is COc1ccc(CCNC(=O)c2cc(CN(Cc3cccs3)C(=O)c3cccnc3)on2)cc1. The summed E-state index contributed by atoms with van der Waals surface area (Å²) in [7, 11) is 1.62. The van der Waals surface area contributed by atoms with E-state index in [0.29, 0.717) is 30.8 Å². The molecule has 0 spiro atoms. The number of thiophene rings is 1. The highest BCUT2D eigenvalue weighted by Crippen LogP contribution is 2.18. The number of hydrogen-bond donors (Lipinski definition) is 1. The summed E-state index contributed by atoms with van der Waals surface area (Å²) in [5, 5.41) is 8.71. The predicted octanol–water partition coefficient (Wildman–Crippen LogP) is 3.95. The number of nitrogens with one attached hydrogen (secondary N) is 1. The van der Waals surface area contributed by atoms with Crippen LogP contribution >= 0.6 is 11.3 Å². The Morgan fingerprint density at radius 1 is 1.12 bits per heavy atom. The molecule has 174 valence electrons. The van der Waals surface area contributed by atoms with Gasteiger partial charge in [0.05, 0.1) is 25.8 Å². The van der Waals surface area contributed by atoms with Crippen molar-refractivity contribution in [2.24, 2.45) is 0 Å². The molecule has 0 radical (unpaired) electrons. The van der Waals surface area contributed by atoms with E-state index in [-0.39, 0.29) is 24.1 Å². The van der Waals surface area contributed by atoms with E-state index in [2.05, 4.69) is 15.5 Å². The highest BCUT2D eigenvalue weighted by atomic mass is 32.1. The van der Waals surface area contributed by atoms with E-state index < -0.39 is 0 Å². The van der Waals surface area contributed by atoms with Crippen LogP contribution in [0.1, 0.15) is 37.0 Å². The zero-order chi connectivity index (χ0) is 23.8. The molecule has 0 aliphatic carbocycles. The average molecular weight is 477 g/mol. The van der Waals surface area contributed by atoms with Crippen LogP contribution in [0.2, 0.25) is 0 Å². The third-order valence-corrected chi connectivity index (χ3v) is 5.98. The Labute approximate surface area is 201 Å². The maximum atomic E-state index is 13.1. The Morgan fingerprint density at radius 3 is 2.68 bits per heavy atom. The minimum atomic E-state index is -0.327. The molecule has 4 rings (SSSR count). The highest BCUT2D eigenvalue weighted by Gasteiger charge is 2.21. The molecule has 0 fully saturated rings. The minimum Gasteiger partial charge on any atom is -0.497 e. The molecule has 1 aromatic carbocycles. The predicted molar refractivity (Wildman–Crippen MR) is 128 cm³/mol. The van der Waals surface area contributed by atoms with E-state index in [1.165, 1.54) is 6.20 Å². The van der Waals surface area contributed by atoms with E-state index >= 15 is 0 Å². The smallest absolute Gasteiger partial charge is 0.273 e. The summed E-state index contributed by atoms with van der Waals surface area (Å²) in [6.07, 6.45) is 3.83. The van der Waals surface area contributed by atoms with Crippen LogP contribution in [0, 0.1) is 0 Å². The number of methoxy groups -OCH3 is 1. The third kappa shape index (κ3) is 6.08. The first-order valence-electron chi connectivity index (χ1n) is 10.7. The van der Waals surface area contributed by atoms with Crippen molar-refractivity contribution in [2.45, 2.75) is 19.5 Å². The summed E-state index contributed by atoms with van der Waals surface area (Å²) >= 11 is 1.57. The average Bonchev–Trinajstić information content (AvgIpc) is 3.56. The third-order valence-electron chi connectivity index (χ3n) is 5.12. The molecular weight excluding hydrogens is 452 g/mol. The molecule has 0 aliphatic heterocycles. The Morgan fingerprint density at radius 2 is 1.97 bits per heavy atom. The quantitative estimate of drug-likeness (QED) is 0.372. The first kappa shape index (κ1) is 23.2. The van der Waals surface area contributed by atoms with Gasteiger partial charge in [-0.3, -0.25) is 14.6 Å². The van der Waals surface area contributed by atoms with E-state index in [9.17, 15) is 9.59 Å². The molecule has 3 heterocycles. The Kier molecular flexibility index (Phi) is 7.67. The first-order chi connectivity index (χ1) is 16.6. The number of carbonyl (C=O) groups is 2. The van der Waals surface area contributed by atoms with Crippen LogP contribution in [0.4, 0.5) is 0 Å². The van der Waals surface area contributed by atoms with Crippen LogP contribution in [-0.2, 0) is 19.5 Å². The Hall–Kier alpha value is -3.98. The minimum absolute atomic E-state index is 0.176. The summed E-state index contributed by atoms with van der Waals surface area (Å²) < 4.78 is 10.5. The number of carbonyl (C=O) groups excluding carboxylic acids is 2. The van der Waals surface area contributed by atoms with Gasteiger partial charge in [0, 0.05) is 29.9 Å². The number of ether oxygens (including phenoxy) is 1. The molecule has 8 nitrogen and oxygen atoms in total. The second-order valence-electron chi connectivity index (χ2n) is 7.51. The molecule has 9 heteroatoms. The van der Waals surface area contributed by atoms with Crippen molar-refractivity contribution in [3.05, 3.63) is 99.8 Å². The normalized spacial score (nSPS) is 10.6. The van der Waals surface area contributed by atoms with Gasteiger partial charge in [-0.25, -0.2) is 0 Å². The molecule has 0 aliphatic rings. The maximum absolute atomic E-state index is 13.1. The van der Waals surface area contributed by atoms with Gasteiger partial charge in [-0.1, -0.05) is 23.4 Å². The lowest BCUT2D eigenvalue weighted by Gasteiger charge is -2.20. The summed E-state index contributed by atoms with van der Waals surface area (Å²) in [5.74, 6) is 0.711. The highest BCUT2D eigenvalue weighted by molar-refractivity contribution is 7.09. The number of pyridine rings is 1. The summed E-state index contributed by atoms with van der Waals surface area (Å²) in [5.41, 5.74) is 1.74. The van der Waals surface area contributed by atoms with Crippen molar-refractivity contribution < 1.29 is 18.8 Å². The van der Waals surface area contributed by atoms with Crippen LogP contribution in [0.3, 0.4) is 0 Å². The van der Waals surface area contributed by atoms with Gasteiger partial charge in [0.1, 0.15) is 5.75 Å². The number of amides is 2. The number of hydrogen-bond acceptors (Lipinski definition) is 7. The molecule has 0 unspecified atom stereocenters. The van der Waals surface area contributed by atoms with E-state index in [1.54, 1.807) is 47.7 Å². The lowest BCUT2D eigenvalue weighted by Crippen LogP contribution is -2.29. The molecule has 0 saturated carbocycles. The van der Waals surface area contributed by atoms with Gasteiger partial charge in [-0.05, 0) is 47.7 Å². The zero-order valence-corrected chi connectivity index (χ0v) is 19.5. The summed E-state index contributed by atoms with van der Waals surface area (Å²) in [6, 6.07) is 16.6. The fourth-order valence-electron chi connectivity index (χ4n) is 3.35. The number of aromatic nitrogens is 2. The lowest BCUT2D eigenvalue weighted by molar-refractivity contribution is 0.0714. The van der Waals surface area contributed by atoms with E-state index in [4.69, 9.17) is 9.26 Å². The number of benzene rings is 1. The van der Waals surface area contributed by atoms with E-state index in [0.717, 1.165) is 16.2 Å². The van der Waals surface area contributed by atoms with Gasteiger partial charge in [-0.15, -0.1) is 11.3 Å². The Bertz CT molecular complexity index is 1210. The van der Waals surface area contributed by atoms with Gasteiger partial charge in [0.25, 0.3) is 11.8 Å². The van der Waals surface area contributed by atoms with Gasteiger partial charge in [-0.2, -0.15) is 0 Å². The zero-order valence-electron chi connectivity index (χ0n) is 18.6. The van der Waals surface area contributed by atoms with Gasteiger partial charge in [0.2, 0.25) is 0 Å². The van der Waals surface area contributed by atoms with Crippen LogP contribution < -0.4 is 10.1 Å². The number of rotatable bonds is 10. The molecule has 4 aromatic rings.